The number of fused-ring (bicyclic) bond motifs is 1. The Morgan fingerprint density at radius 2 is 2.03 bits per heavy atom. The SMILES string of the molecule is CCOC(=O)c1ccc2c(n1)c(-c1cccc(S(=O)(=O)N(C)C)c1)c(C)n2C/C(F)=C/CNCl. The number of nitrogens with one attached hydrogen (secondary N) is 1. The van der Waals surface area contributed by atoms with Crippen molar-refractivity contribution in [1.82, 2.24) is 18.7 Å². The van der Waals surface area contributed by atoms with Crippen LogP contribution in [0.2, 0.25) is 0 Å². The number of carbonyl (C=O) groups is 1. The van der Waals surface area contributed by atoms with Crippen LogP contribution in [0, 0.1) is 6.92 Å². The summed E-state index contributed by atoms with van der Waals surface area (Å²) in [5, 5.41) is 0. The molecule has 8 nitrogen and oxygen atoms in total. The first-order chi connectivity index (χ1) is 16.1. The monoisotopic (exact) mass is 508 g/mol. The molecule has 11 heteroatoms. The van der Waals surface area contributed by atoms with Gasteiger partial charge in [0.15, 0.2) is 0 Å². The quantitative estimate of drug-likeness (QED) is 0.346. The summed E-state index contributed by atoms with van der Waals surface area (Å²) in [6, 6.07) is 9.64. The van der Waals surface area contributed by atoms with Crippen LogP contribution in [0.4, 0.5) is 4.39 Å². The number of carbonyl (C=O) groups excluding carboxylic acids is 1. The Bertz CT molecular complexity index is 1350. The number of ether oxygens (including phenoxy) is 1. The number of rotatable bonds is 9. The lowest BCUT2D eigenvalue weighted by atomic mass is 10.0. The average Bonchev–Trinajstić information content (AvgIpc) is 3.08. The molecule has 0 atom stereocenters. The van der Waals surface area contributed by atoms with Gasteiger partial charge in [0.2, 0.25) is 10.0 Å². The number of pyridine rings is 1. The first-order valence-corrected chi connectivity index (χ1v) is 12.3. The van der Waals surface area contributed by atoms with Crippen LogP contribution in [0.5, 0.6) is 0 Å². The highest BCUT2D eigenvalue weighted by Crippen LogP contribution is 2.35. The number of aromatic nitrogens is 2. The maximum Gasteiger partial charge on any atom is 0.356 e. The van der Waals surface area contributed by atoms with E-state index < -0.39 is 21.8 Å². The molecule has 0 fully saturated rings. The summed E-state index contributed by atoms with van der Waals surface area (Å²) in [5.74, 6) is -0.998. The van der Waals surface area contributed by atoms with Gasteiger partial charge in [-0.05, 0) is 61.5 Å². The van der Waals surface area contributed by atoms with Crippen LogP contribution in [0.15, 0.2) is 53.2 Å². The van der Waals surface area contributed by atoms with Crippen LogP contribution in [0.25, 0.3) is 22.2 Å². The van der Waals surface area contributed by atoms with Gasteiger partial charge in [-0.1, -0.05) is 12.1 Å². The average molecular weight is 509 g/mol. The maximum atomic E-state index is 14.6. The van der Waals surface area contributed by atoms with Gasteiger partial charge in [-0.25, -0.2) is 31.7 Å². The number of benzene rings is 1. The van der Waals surface area contributed by atoms with Gasteiger partial charge < -0.3 is 9.30 Å². The Kier molecular flexibility index (Phi) is 8.09. The van der Waals surface area contributed by atoms with Crippen LogP contribution >= 0.6 is 11.8 Å². The van der Waals surface area contributed by atoms with Gasteiger partial charge in [-0.2, -0.15) is 0 Å². The smallest absolute Gasteiger partial charge is 0.356 e. The van der Waals surface area contributed by atoms with E-state index in [9.17, 15) is 17.6 Å². The Morgan fingerprint density at radius 1 is 1.29 bits per heavy atom. The molecule has 3 rings (SSSR count). The van der Waals surface area contributed by atoms with Crippen molar-refractivity contribution in [3.05, 3.63) is 59.7 Å². The Labute approximate surface area is 203 Å². The fraction of sp³-hybridized carbons (Fsp3) is 0.304. The molecule has 0 aliphatic heterocycles. The summed E-state index contributed by atoms with van der Waals surface area (Å²) in [7, 11) is -0.771. The van der Waals surface area contributed by atoms with Crippen LogP contribution in [-0.2, 0) is 21.3 Å². The van der Waals surface area contributed by atoms with Gasteiger partial charge in [0.05, 0.1) is 29.1 Å². The second kappa shape index (κ2) is 10.6. The van der Waals surface area contributed by atoms with Crippen LogP contribution in [-0.4, -0.2) is 55.5 Å². The number of sulfonamides is 1. The Hall–Kier alpha value is -2.79. The van der Waals surface area contributed by atoms with Crippen LogP contribution in [0.3, 0.4) is 0 Å². The van der Waals surface area contributed by atoms with Crippen molar-refractivity contribution in [3.8, 4) is 11.1 Å². The van der Waals surface area contributed by atoms with Gasteiger partial charge in [0.1, 0.15) is 11.5 Å². The van der Waals surface area contributed by atoms with Crippen molar-refractivity contribution in [1.29, 1.82) is 0 Å². The molecular formula is C23H26ClFN4O4S. The van der Waals surface area contributed by atoms with E-state index in [2.05, 4.69) is 9.82 Å². The Balaban J connectivity index is 2.27. The van der Waals surface area contributed by atoms with Gasteiger partial charge in [0.25, 0.3) is 0 Å². The largest absolute Gasteiger partial charge is 0.461 e. The number of hydrogen-bond acceptors (Lipinski definition) is 6. The summed E-state index contributed by atoms with van der Waals surface area (Å²) in [4.78, 5) is 19.3. The molecule has 1 aromatic carbocycles. The number of esters is 1. The third-order valence-corrected chi connectivity index (χ3v) is 7.23. The zero-order valence-corrected chi connectivity index (χ0v) is 20.9. The van der Waals surface area contributed by atoms with E-state index in [1.54, 1.807) is 42.7 Å². The highest BCUT2D eigenvalue weighted by molar-refractivity contribution is 7.89. The third kappa shape index (κ3) is 5.15. The predicted octanol–water partition coefficient (Wildman–Crippen LogP) is 4.04. The molecule has 0 saturated carbocycles. The number of allylic oxidation sites excluding steroid dienone is 1. The minimum absolute atomic E-state index is 0.0863. The fourth-order valence-corrected chi connectivity index (χ4v) is 4.62. The van der Waals surface area contributed by atoms with Gasteiger partial charge in [-0.15, -0.1) is 0 Å². The van der Waals surface area contributed by atoms with Crippen molar-refractivity contribution >= 4 is 38.8 Å². The second-order valence-corrected chi connectivity index (χ2v) is 10.1. The van der Waals surface area contributed by atoms with Crippen LogP contribution < -0.4 is 4.84 Å². The van der Waals surface area contributed by atoms with E-state index in [1.807, 2.05) is 0 Å². The maximum absolute atomic E-state index is 14.6. The van der Waals surface area contributed by atoms with Gasteiger partial charge in [-0.3, -0.25) is 0 Å². The summed E-state index contributed by atoms with van der Waals surface area (Å²) in [6.07, 6.45) is 1.32. The molecule has 0 saturated heterocycles. The molecular weight excluding hydrogens is 483 g/mol. The minimum Gasteiger partial charge on any atom is -0.461 e. The van der Waals surface area contributed by atoms with Crippen molar-refractivity contribution in [2.45, 2.75) is 25.3 Å². The predicted molar refractivity (Wildman–Crippen MR) is 130 cm³/mol. The summed E-state index contributed by atoms with van der Waals surface area (Å²) < 4.78 is 47.9. The zero-order valence-electron chi connectivity index (χ0n) is 19.3. The topological polar surface area (TPSA) is 93.5 Å². The van der Waals surface area contributed by atoms with E-state index in [0.29, 0.717) is 27.9 Å². The molecule has 182 valence electrons. The third-order valence-electron chi connectivity index (χ3n) is 5.26. The minimum atomic E-state index is -3.68. The number of nitrogens with zero attached hydrogens (tertiary/aromatic N) is 3. The van der Waals surface area contributed by atoms with Crippen molar-refractivity contribution in [2.24, 2.45) is 0 Å². The molecule has 0 bridgehead atoms. The molecule has 34 heavy (non-hydrogen) atoms. The van der Waals surface area contributed by atoms with E-state index in [1.165, 1.54) is 32.3 Å². The molecule has 0 radical (unpaired) electrons. The van der Waals surface area contributed by atoms with E-state index in [0.717, 1.165) is 4.31 Å². The van der Waals surface area contributed by atoms with Crippen molar-refractivity contribution in [2.75, 3.05) is 27.2 Å². The lowest BCUT2D eigenvalue weighted by molar-refractivity contribution is 0.0520. The lowest BCUT2D eigenvalue weighted by Gasteiger charge is -2.12. The summed E-state index contributed by atoms with van der Waals surface area (Å²) >= 11 is 5.43. The zero-order chi connectivity index (χ0) is 25.0. The number of halogens is 2. The highest BCUT2D eigenvalue weighted by atomic mass is 35.5. The lowest BCUT2D eigenvalue weighted by Crippen LogP contribution is -2.22. The molecule has 0 unspecified atom stereocenters. The van der Waals surface area contributed by atoms with Crippen molar-refractivity contribution < 1.29 is 22.3 Å². The molecule has 3 aromatic rings. The second-order valence-electron chi connectivity index (χ2n) is 7.64. The molecule has 0 spiro atoms. The van der Waals surface area contributed by atoms with Crippen molar-refractivity contribution in [3.63, 3.8) is 0 Å². The summed E-state index contributed by atoms with van der Waals surface area (Å²) in [6.45, 7) is 3.75. The van der Waals surface area contributed by atoms with E-state index in [4.69, 9.17) is 16.5 Å². The van der Waals surface area contributed by atoms with Crippen LogP contribution in [0.1, 0.15) is 23.1 Å². The molecule has 0 aliphatic carbocycles. The molecule has 2 aromatic heterocycles. The standard InChI is InChI=1S/C23H26ClFN4O4S/c1-5-33-23(30)19-9-10-20-22(27-19)21(15(2)29(20)14-17(25)11-12-26-24)16-7-6-8-18(13-16)34(31,32)28(3)4/h6-11,13,26H,5,12,14H2,1-4H3/b17-11-. The fourth-order valence-electron chi connectivity index (χ4n) is 3.60. The first-order valence-electron chi connectivity index (χ1n) is 10.5. The first kappa shape index (κ1) is 25.8. The molecule has 0 aliphatic rings. The Morgan fingerprint density at radius 3 is 2.68 bits per heavy atom. The van der Waals surface area contributed by atoms with E-state index >= 15 is 0 Å². The molecule has 0 amide bonds. The number of hydrogen-bond donors (Lipinski definition) is 1. The van der Waals surface area contributed by atoms with Gasteiger partial charge >= 0.3 is 5.97 Å². The van der Waals surface area contributed by atoms with Gasteiger partial charge in [0, 0.05) is 31.9 Å². The summed E-state index contributed by atoms with van der Waals surface area (Å²) in [5.41, 5.74) is 2.96. The molecule has 2 heterocycles. The molecule has 1 N–H and O–H groups in total. The highest BCUT2D eigenvalue weighted by Gasteiger charge is 2.23. The normalized spacial score (nSPS) is 12.5. The van der Waals surface area contributed by atoms with E-state index in [-0.39, 0.29) is 30.3 Å².